The van der Waals surface area contributed by atoms with Crippen LogP contribution in [0.3, 0.4) is 0 Å². The summed E-state index contributed by atoms with van der Waals surface area (Å²) >= 11 is 5.91. The summed E-state index contributed by atoms with van der Waals surface area (Å²) in [4.78, 5) is 14.6. The zero-order valence-corrected chi connectivity index (χ0v) is 9.02. The largest absolute Gasteiger partial charge is 0.475 e. The number of rotatable bonds is 2. The van der Waals surface area contributed by atoms with Crippen LogP contribution in [0.15, 0.2) is 22.7 Å². The molecule has 0 saturated carbocycles. The summed E-state index contributed by atoms with van der Waals surface area (Å²) in [6.45, 7) is 1.81. The summed E-state index contributed by atoms with van der Waals surface area (Å²) in [5, 5.41) is 12.6. The first-order chi connectivity index (χ1) is 7.58. The molecule has 0 atom stereocenters. The van der Waals surface area contributed by atoms with Gasteiger partial charge in [0, 0.05) is 17.3 Å². The molecule has 0 aromatic carbocycles. The molecule has 0 fully saturated rings. The molecular weight excluding hydrogens is 232 g/mol. The number of hydrogen-bond acceptors (Lipinski definition) is 4. The van der Waals surface area contributed by atoms with Crippen molar-refractivity contribution in [1.29, 1.82) is 0 Å². The highest BCUT2D eigenvalue weighted by molar-refractivity contribution is 6.32. The number of nitrogens with zero attached hydrogens (tertiary/aromatic N) is 2. The monoisotopic (exact) mass is 238 g/mol. The van der Waals surface area contributed by atoms with E-state index >= 15 is 0 Å². The summed E-state index contributed by atoms with van der Waals surface area (Å²) < 4.78 is 4.63. The van der Waals surface area contributed by atoms with E-state index in [9.17, 15) is 4.79 Å². The summed E-state index contributed by atoms with van der Waals surface area (Å²) in [6, 6.07) is 4.78. The zero-order valence-electron chi connectivity index (χ0n) is 8.27. The predicted octanol–water partition coefficient (Wildman–Crippen LogP) is 2.40. The molecule has 0 radical (unpaired) electrons. The van der Waals surface area contributed by atoms with Gasteiger partial charge in [-0.3, -0.25) is 0 Å². The number of hydrogen-bond donors (Lipinski definition) is 1. The maximum Gasteiger partial charge on any atom is 0.374 e. The molecule has 0 aliphatic carbocycles. The molecule has 2 aromatic rings. The summed E-state index contributed by atoms with van der Waals surface area (Å²) in [5.74, 6) is -1.40. The lowest BCUT2D eigenvalue weighted by molar-refractivity contribution is 0.0652. The Bertz CT molecular complexity index is 551. The van der Waals surface area contributed by atoms with Gasteiger partial charge in [0.15, 0.2) is 0 Å². The molecule has 6 heteroatoms. The van der Waals surface area contributed by atoms with E-state index in [0.717, 1.165) is 5.69 Å². The molecule has 2 heterocycles. The molecule has 0 spiro atoms. The molecular formula is C10H7ClN2O3. The van der Waals surface area contributed by atoms with Crippen LogP contribution in [-0.2, 0) is 0 Å². The Kier molecular flexibility index (Phi) is 2.62. The molecule has 2 rings (SSSR count). The number of aryl methyl sites for hydroxylation is 1. The van der Waals surface area contributed by atoms with Gasteiger partial charge in [0.05, 0.1) is 0 Å². The average molecular weight is 239 g/mol. The van der Waals surface area contributed by atoms with Gasteiger partial charge in [-0.1, -0.05) is 16.8 Å². The van der Waals surface area contributed by atoms with Crippen molar-refractivity contribution >= 4 is 17.6 Å². The fourth-order valence-electron chi connectivity index (χ4n) is 1.22. The van der Waals surface area contributed by atoms with E-state index in [2.05, 4.69) is 14.7 Å². The molecule has 0 unspecified atom stereocenters. The Hall–Kier alpha value is -1.88. The van der Waals surface area contributed by atoms with Gasteiger partial charge in [0.25, 0.3) is 0 Å². The van der Waals surface area contributed by atoms with Gasteiger partial charge in [-0.05, 0) is 19.1 Å². The Morgan fingerprint density at radius 1 is 1.50 bits per heavy atom. The maximum atomic E-state index is 10.6. The van der Waals surface area contributed by atoms with Crippen LogP contribution in [0.1, 0.15) is 16.2 Å². The Morgan fingerprint density at radius 2 is 2.25 bits per heavy atom. The second-order valence-corrected chi connectivity index (χ2v) is 3.53. The van der Waals surface area contributed by atoms with Crippen LogP contribution in [0.5, 0.6) is 0 Å². The lowest BCUT2D eigenvalue weighted by atomic mass is 10.2. The second kappa shape index (κ2) is 3.94. The van der Waals surface area contributed by atoms with Crippen molar-refractivity contribution in [3.8, 4) is 11.3 Å². The number of aromatic carboxylic acids is 1. The van der Waals surface area contributed by atoms with Crippen LogP contribution in [-0.4, -0.2) is 21.2 Å². The first kappa shape index (κ1) is 10.6. The third-order valence-corrected chi connectivity index (χ3v) is 2.27. The molecule has 0 amide bonds. The fraction of sp³-hybridized carbons (Fsp3) is 0.100. The van der Waals surface area contributed by atoms with Crippen LogP contribution >= 0.6 is 11.6 Å². The topological polar surface area (TPSA) is 76.2 Å². The number of halogens is 1. The Labute approximate surface area is 95.7 Å². The number of pyridine rings is 1. The minimum Gasteiger partial charge on any atom is -0.475 e. The SMILES string of the molecule is Cc1ccc(-c2cc(C(=O)O)on2)c(Cl)n1. The fourth-order valence-corrected chi connectivity index (χ4v) is 1.51. The van der Waals surface area contributed by atoms with E-state index in [1.165, 1.54) is 6.07 Å². The molecule has 1 N–H and O–H groups in total. The summed E-state index contributed by atoms with van der Waals surface area (Å²) in [5.41, 5.74) is 1.68. The van der Waals surface area contributed by atoms with Gasteiger partial charge in [-0.2, -0.15) is 0 Å². The molecule has 5 nitrogen and oxygen atoms in total. The van der Waals surface area contributed by atoms with Crippen LogP contribution < -0.4 is 0 Å². The smallest absolute Gasteiger partial charge is 0.374 e. The Balaban J connectivity index is 2.46. The molecule has 2 aromatic heterocycles. The van der Waals surface area contributed by atoms with E-state index in [1.54, 1.807) is 19.1 Å². The minimum atomic E-state index is -1.17. The van der Waals surface area contributed by atoms with Crippen molar-refractivity contribution in [1.82, 2.24) is 10.1 Å². The molecule has 0 saturated heterocycles. The van der Waals surface area contributed by atoms with E-state index in [-0.39, 0.29) is 10.9 Å². The standard InChI is InChI=1S/C10H7ClN2O3/c1-5-2-3-6(9(11)12-5)7-4-8(10(14)15)16-13-7/h2-4H,1H3,(H,14,15). The first-order valence-corrected chi connectivity index (χ1v) is 4.79. The highest BCUT2D eigenvalue weighted by atomic mass is 35.5. The molecule has 0 aliphatic heterocycles. The molecule has 82 valence electrons. The predicted molar refractivity (Wildman–Crippen MR) is 56.4 cm³/mol. The zero-order chi connectivity index (χ0) is 11.7. The third kappa shape index (κ3) is 1.90. The summed E-state index contributed by atoms with van der Waals surface area (Å²) in [7, 11) is 0. The molecule has 0 aliphatic rings. The van der Waals surface area contributed by atoms with Gasteiger partial charge in [-0.15, -0.1) is 0 Å². The van der Waals surface area contributed by atoms with Crippen molar-refractivity contribution in [2.24, 2.45) is 0 Å². The molecule has 0 bridgehead atoms. The quantitative estimate of drug-likeness (QED) is 0.813. The van der Waals surface area contributed by atoms with Crippen molar-refractivity contribution in [2.45, 2.75) is 6.92 Å². The van der Waals surface area contributed by atoms with Gasteiger partial charge in [-0.25, -0.2) is 9.78 Å². The molecule has 16 heavy (non-hydrogen) atoms. The van der Waals surface area contributed by atoms with Crippen molar-refractivity contribution < 1.29 is 14.4 Å². The lowest BCUT2D eigenvalue weighted by Gasteiger charge is -1.99. The summed E-state index contributed by atoms with van der Waals surface area (Å²) in [6.07, 6.45) is 0. The van der Waals surface area contributed by atoms with Gasteiger partial charge in [0.1, 0.15) is 10.8 Å². The number of aromatic nitrogens is 2. The van der Waals surface area contributed by atoms with E-state index in [0.29, 0.717) is 11.3 Å². The minimum absolute atomic E-state index is 0.230. The van der Waals surface area contributed by atoms with Crippen molar-refractivity contribution in [3.05, 3.63) is 34.8 Å². The van der Waals surface area contributed by atoms with Crippen molar-refractivity contribution in [3.63, 3.8) is 0 Å². The number of carboxylic acid groups (broad SMARTS) is 1. The van der Waals surface area contributed by atoms with Crippen LogP contribution in [0.25, 0.3) is 11.3 Å². The second-order valence-electron chi connectivity index (χ2n) is 3.17. The number of carboxylic acids is 1. The maximum absolute atomic E-state index is 10.6. The van der Waals surface area contributed by atoms with Gasteiger partial charge >= 0.3 is 5.97 Å². The van der Waals surface area contributed by atoms with Crippen molar-refractivity contribution in [2.75, 3.05) is 0 Å². The van der Waals surface area contributed by atoms with E-state index < -0.39 is 5.97 Å². The van der Waals surface area contributed by atoms with Gasteiger partial charge in [0.2, 0.25) is 5.76 Å². The van der Waals surface area contributed by atoms with Crippen LogP contribution in [0.4, 0.5) is 0 Å². The average Bonchev–Trinajstić information content (AvgIpc) is 2.66. The number of carbonyl (C=O) groups is 1. The lowest BCUT2D eigenvalue weighted by Crippen LogP contribution is -1.91. The highest BCUT2D eigenvalue weighted by Crippen LogP contribution is 2.25. The first-order valence-electron chi connectivity index (χ1n) is 4.41. The Morgan fingerprint density at radius 3 is 2.81 bits per heavy atom. The van der Waals surface area contributed by atoms with Gasteiger partial charge < -0.3 is 9.63 Å². The van der Waals surface area contributed by atoms with E-state index in [4.69, 9.17) is 16.7 Å². The normalized spacial score (nSPS) is 10.4. The highest BCUT2D eigenvalue weighted by Gasteiger charge is 2.14. The third-order valence-electron chi connectivity index (χ3n) is 1.98. The van der Waals surface area contributed by atoms with E-state index in [1.807, 2.05) is 0 Å². The van der Waals surface area contributed by atoms with Crippen LogP contribution in [0, 0.1) is 6.92 Å². The van der Waals surface area contributed by atoms with Crippen LogP contribution in [0.2, 0.25) is 5.15 Å².